The van der Waals surface area contributed by atoms with Gasteiger partial charge in [0.05, 0.1) is 14.2 Å². The van der Waals surface area contributed by atoms with Crippen molar-refractivity contribution in [2.45, 2.75) is 12.8 Å². The molecular formula is C14H18N2O2. The number of fused-ring (bicyclic) bond motifs is 1. The number of pyridine rings is 1. The Morgan fingerprint density at radius 1 is 1.22 bits per heavy atom. The smallest absolute Gasteiger partial charge is 0.148 e. The molecule has 0 aliphatic rings. The van der Waals surface area contributed by atoms with Crippen molar-refractivity contribution in [3.63, 3.8) is 0 Å². The fourth-order valence-electron chi connectivity index (χ4n) is 1.86. The zero-order chi connectivity index (χ0) is 13.1. The van der Waals surface area contributed by atoms with Crippen LogP contribution in [-0.2, 0) is 0 Å². The van der Waals surface area contributed by atoms with Crippen molar-refractivity contribution >= 4 is 10.9 Å². The fraction of sp³-hybridized carbons (Fsp3) is 0.357. The number of nitrogens with two attached hydrogens (primary N) is 1. The molecular weight excluding hydrogens is 228 g/mol. The maximum atomic E-state index is 5.67. The third-order valence-electron chi connectivity index (χ3n) is 3.07. The van der Waals surface area contributed by atoms with E-state index in [4.69, 9.17) is 15.2 Å². The van der Waals surface area contributed by atoms with Crippen molar-refractivity contribution in [2.24, 2.45) is 5.73 Å². The molecule has 1 aromatic carbocycles. The zero-order valence-corrected chi connectivity index (χ0v) is 10.9. The predicted molar refractivity (Wildman–Crippen MR) is 72.3 cm³/mol. The van der Waals surface area contributed by atoms with Crippen molar-refractivity contribution in [3.05, 3.63) is 30.0 Å². The summed E-state index contributed by atoms with van der Waals surface area (Å²) in [7, 11) is 3.27. The lowest BCUT2D eigenvalue weighted by molar-refractivity contribution is 0.397. The van der Waals surface area contributed by atoms with Gasteiger partial charge in [0.15, 0.2) is 0 Å². The van der Waals surface area contributed by atoms with E-state index >= 15 is 0 Å². The second kappa shape index (κ2) is 5.23. The van der Waals surface area contributed by atoms with E-state index in [1.165, 1.54) is 0 Å². The van der Waals surface area contributed by atoms with Crippen LogP contribution in [0.1, 0.15) is 18.5 Å². The molecule has 18 heavy (non-hydrogen) atoms. The quantitative estimate of drug-likeness (QED) is 0.899. The molecule has 0 saturated carbocycles. The largest absolute Gasteiger partial charge is 0.497 e. The maximum Gasteiger partial charge on any atom is 0.148 e. The van der Waals surface area contributed by atoms with Gasteiger partial charge < -0.3 is 15.2 Å². The normalized spacial score (nSPS) is 12.4. The zero-order valence-electron chi connectivity index (χ0n) is 10.9. The number of benzene rings is 1. The van der Waals surface area contributed by atoms with E-state index in [0.717, 1.165) is 28.1 Å². The number of ether oxygens (including phenoxy) is 2. The summed E-state index contributed by atoms with van der Waals surface area (Å²) in [5, 5.41) is 0.999. The second-order valence-electron chi connectivity index (χ2n) is 4.27. The Labute approximate surface area is 107 Å². The van der Waals surface area contributed by atoms with Gasteiger partial charge in [0.1, 0.15) is 17.0 Å². The van der Waals surface area contributed by atoms with Gasteiger partial charge in [-0.25, -0.2) is 4.98 Å². The Kier molecular flexibility index (Phi) is 3.67. The van der Waals surface area contributed by atoms with Crippen molar-refractivity contribution in [2.75, 3.05) is 20.8 Å². The minimum atomic E-state index is 0.237. The fourth-order valence-corrected chi connectivity index (χ4v) is 1.86. The molecule has 0 fully saturated rings. The van der Waals surface area contributed by atoms with Crippen LogP contribution in [0, 0.1) is 0 Å². The van der Waals surface area contributed by atoms with Crippen molar-refractivity contribution < 1.29 is 9.47 Å². The van der Waals surface area contributed by atoms with Gasteiger partial charge in [-0.05, 0) is 12.1 Å². The highest BCUT2D eigenvalue weighted by molar-refractivity contribution is 5.86. The first-order chi connectivity index (χ1) is 8.69. The molecule has 2 N–H and O–H groups in total. The first-order valence-corrected chi connectivity index (χ1v) is 5.92. The topological polar surface area (TPSA) is 57.4 Å². The SMILES string of the molecule is COc1cc(OC)c2nc(C(C)CN)ccc2c1. The number of hydrogen-bond donors (Lipinski definition) is 1. The van der Waals surface area contributed by atoms with Gasteiger partial charge in [0, 0.05) is 29.6 Å². The summed E-state index contributed by atoms with van der Waals surface area (Å²) in [5.74, 6) is 1.72. The van der Waals surface area contributed by atoms with Crippen LogP contribution in [0.3, 0.4) is 0 Å². The molecule has 0 saturated heterocycles. The molecule has 0 aliphatic heterocycles. The van der Waals surface area contributed by atoms with Crippen LogP contribution in [0.25, 0.3) is 10.9 Å². The average Bonchev–Trinajstić information content (AvgIpc) is 2.44. The van der Waals surface area contributed by atoms with Gasteiger partial charge in [-0.1, -0.05) is 13.0 Å². The molecule has 96 valence electrons. The Balaban J connectivity index is 2.61. The summed E-state index contributed by atoms with van der Waals surface area (Å²) < 4.78 is 10.6. The van der Waals surface area contributed by atoms with Crippen LogP contribution in [0.4, 0.5) is 0 Å². The van der Waals surface area contributed by atoms with Gasteiger partial charge in [0.2, 0.25) is 0 Å². The standard InChI is InChI=1S/C14H18N2O2/c1-9(8-15)12-5-4-10-6-11(17-2)7-13(18-3)14(10)16-12/h4-7,9H,8,15H2,1-3H3. The van der Waals surface area contributed by atoms with E-state index in [-0.39, 0.29) is 5.92 Å². The molecule has 0 spiro atoms. The van der Waals surface area contributed by atoms with Crippen LogP contribution < -0.4 is 15.2 Å². The third-order valence-corrected chi connectivity index (χ3v) is 3.07. The van der Waals surface area contributed by atoms with E-state index in [0.29, 0.717) is 6.54 Å². The number of nitrogens with zero attached hydrogens (tertiary/aromatic N) is 1. The molecule has 0 radical (unpaired) electrons. The van der Waals surface area contributed by atoms with E-state index in [1.54, 1.807) is 14.2 Å². The van der Waals surface area contributed by atoms with Gasteiger partial charge in [-0.2, -0.15) is 0 Å². The lowest BCUT2D eigenvalue weighted by atomic mass is 10.1. The Hall–Kier alpha value is -1.81. The number of methoxy groups -OCH3 is 2. The van der Waals surface area contributed by atoms with E-state index in [9.17, 15) is 0 Å². The Morgan fingerprint density at radius 2 is 2.00 bits per heavy atom. The van der Waals surface area contributed by atoms with Crippen molar-refractivity contribution in [1.29, 1.82) is 0 Å². The van der Waals surface area contributed by atoms with Crippen molar-refractivity contribution in [3.8, 4) is 11.5 Å². The summed E-state index contributed by atoms with van der Waals surface area (Å²) >= 11 is 0. The molecule has 0 aliphatic carbocycles. The summed E-state index contributed by atoms with van der Waals surface area (Å²) in [6.07, 6.45) is 0. The molecule has 1 unspecified atom stereocenters. The lowest BCUT2D eigenvalue weighted by Crippen LogP contribution is -2.10. The molecule has 4 heteroatoms. The minimum Gasteiger partial charge on any atom is -0.497 e. The van der Waals surface area contributed by atoms with Crippen LogP contribution in [0.5, 0.6) is 11.5 Å². The highest BCUT2D eigenvalue weighted by Gasteiger charge is 2.10. The van der Waals surface area contributed by atoms with E-state index in [1.807, 2.05) is 24.3 Å². The number of aromatic nitrogens is 1. The highest BCUT2D eigenvalue weighted by Crippen LogP contribution is 2.30. The summed E-state index contributed by atoms with van der Waals surface area (Å²) in [6, 6.07) is 7.81. The van der Waals surface area contributed by atoms with E-state index < -0.39 is 0 Å². The summed E-state index contributed by atoms with van der Waals surface area (Å²) in [4.78, 5) is 4.63. The molecule has 1 aromatic heterocycles. The van der Waals surface area contributed by atoms with Crippen LogP contribution in [-0.4, -0.2) is 25.7 Å². The molecule has 4 nitrogen and oxygen atoms in total. The van der Waals surface area contributed by atoms with E-state index in [2.05, 4.69) is 11.9 Å². The Morgan fingerprint density at radius 3 is 2.61 bits per heavy atom. The minimum absolute atomic E-state index is 0.237. The predicted octanol–water partition coefficient (Wildman–Crippen LogP) is 2.31. The molecule has 2 aromatic rings. The second-order valence-corrected chi connectivity index (χ2v) is 4.27. The number of hydrogen-bond acceptors (Lipinski definition) is 4. The highest BCUT2D eigenvalue weighted by atomic mass is 16.5. The first-order valence-electron chi connectivity index (χ1n) is 5.92. The van der Waals surface area contributed by atoms with Crippen LogP contribution >= 0.6 is 0 Å². The maximum absolute atomic E-state index is 5.67. The van der Waals surface area contributed by atoms with Gasteiger partial charge in [-0.3, -0.25) is 0 Å². The average molecular weight is 246 g/mol. The first kappa shape index (κ1) is 12.6. The number of rotatable bonds is 4. The van der Waals surface area contributed by atoms with Gasteiger partial charge in [0.25, 0.3) is 0 Å². The van der Waals surface area contributed by atoms with Crippen LogP contribution in [0.2, 0.25) is 0 Å². The van der Waals surface area contributed by atoms with Gasteiger partial charge >= 0.3 is 0 Å². The molecule has 2 rings (SSSR count). The van der Waals surface area contributed by atoms with Gasteiger partial charge in [-0.15, -0.1) is 0 Å². The van der Waals surface area contributed by atoms with Crippen molar-refractivity contribution in [1.82, 2.24) is 4.98 Å². The van der Waals surface area contributed by atoms with Crippen LogP contribution in [0.15, 0.2) is 24.3 Å². The summed E-state index contributed by atoms with van der Waals surface area (Å²) in [6.45, 7) is 2.64. The third kappa shape index (κ3) is 2.24. The molecule has 0 amide bonds. The Bertz CT molecular complexity index is 555. The monoisotopic (exact) mass is 246 g/mol. The summed E-state index contributed by atoms with van der Waals surface area (Å²) in [5.41, 5.74) is 7.50. The lowest BCUT2D eigenvalue weighted by Gasteiger charge is -2.12. The molecule has 0 bridgehead atoms. The molecule has 1 atom stereocenters. The molecule has 1 heterocycles.